The molecule has 0 saturated heterocycles. The van der Waals surface area contributed by atoms with Gasteiger partial charge in [-0.15, -0.1) is 13.2 Å². The molecule has 4 nitrogen and oxygen atoms in total. The van der Waals surface area contributed by atoms with Crippen molar-refractivity contribution in [3.05, 3.63) is 29.6 Å². The van der Waals surface area contributed by atoms with Crippen molar-refractivity contribution < 1.29 is 31.8 Å². The predicted octanol–water partition coefficient (Wildman–Crippen LogP) is 2.48. The van der Waals surface area contributed by atoms with Crippen molar-refractivity contribution in [1.29, 1.82) is 0 Å². The Hall–Kier alpha value is -1.38. The zero-order chi connectivity index (χ0) is 15.7. The lowest BCUT2D eigenvalue weighted by atomic mass is 10.2. The number of methoxy groups -OCH3 is 1. The van der Waals surface area contributed by atoms with E-state index in [-0.39, 0.29) is 6.61 Å². The Morgan fingerprint density at radius 3 is 2.57 bits per heavy atom. The van der Waals surface area contributed by atoms with Crippen molar-refractivity contribution in [2.75, 3.05) is 33.5 Å². The van der Waals surface area contributed by atoms with Gasteiger partial charge >= 0.3 is 6.36 Å². The molecule has 0 saturated carbocycles. The Bertz CT molecular complexity index is 426. The van der Waals surface area contributed by atoms with Gasteiger partial charge in [-0.2, -0.15) is 0 Å². The molecule has 21 heavy (non-hydrogen) atoms. The summed E-state index contributed by atoms with van der Waals surface area (Å²) in [5.74, 6) is -0.135. The van der Waals surface area contributed by atoms with Crippen molar-refractivity contribution in [3.8, 4) is 5.75 Å². The second kappa shape index (κ2) is 8.81. The van der Waals surface area contributed by atoms with Gasteiger partial charge in [0.05, 0.1) is 13.2 Å². The number of ether oxygens (including phenoxy) is 3. The summed E-state index contributed by atoms with van der Waals surface area (Å²) in [4.78, 5) is 0. The maximum Gasteiger partial charge on any atom is 0.522 e. The monoisotopic (exact) mass is 311 g/mol. The van der Waals surface area contributed by atoms with Gasteiger partial charge in [0.25, 0.3) is 0 Å². The Morgan fingerprint density at radius 1 is 1.14 bits per heavy atom. The van der Waals surface area contributed by atoms with E-state index in [1.54, 1.807) is 7.11 Å². The van der Waals surface area contributed by atoms with Gasteiger partial charge in [-0.05, 0) is 18.2 Å². The van der Waals surface area contributed by atoms with Crippen molar-refractivity contribution in [1.82, 2.24) is 5.32 Å². The van der Waals surface area contributed by atoms with E-state index in [0.29, 0.717) is 31.0 Å². The van der Waals surface area contributed by atoms with E-state index in [2.05, 4.69) is 10.1 Å². The van der Waals surface area contributed by atoms with Crippen molar-refractivity contribution in [2.24, 2.45) is 0 Å². The van der Waals surface area contributed by atoms with Crippen LogP contribution in [-0.2, 0) is 16.0 Å². The van der Waals surface area contributed by atoms with Crippen LogP contribution in [0.3, 0.4) is 0 Å². The predicted molar refractivity (Wildman–Crippen MR) is 67.5 cm³/mol. The molecule has 0 aromatic heterocycles. The average molecular weight is 311 g/mol. The molecule has 0 bridgehead atoms. The number of halogens is 4. The largest absolute Gasteiger partial charge is 0.522 e. The summed E-state index contributed by atoms with van der Waals surface area (Å²) in [6.07, 6.45) is -4.68. The first kappa shape index (κ1) is 17.7. The molecule has 0 aliphatic heterocycles. The summed E-state index contributed by atoms with van der Waals surface area (Å²) in [6, 6.07) is 3.81. The first-order chi connectivity index (χ1) is 9.92. The second-order valence-corrected chi connectivity index (χ2v) is 4.06. The SMILES string of the molecule is COCCNCc1cc(F)ccc1OCCOC(F)(F)F. The first-order valence-corrected chi connectivity index (χ1v) is 6.24. The maximum absolute atomic E-state index is 13.2. The molecule has 0 aliphatic carbocycles. The summed E-state index contributed by atoms with van der Waals surface area (Å²) < 4.78 is 62.2. The van der Waals surface area contributed by atoms with Crippen molar-refractivity contribution in [2.45, 2.75) is 12.9 Å². The zero-order valence-corrected chi connectivity index (χ0v) is 11.5. The van der Waals surface area contributed by atoms with Gasteiger partial charge in [-0.25, -0.2) is 4.39 Å². The minimum absolute atomic E-state index is 0.282. The van der Waals surface area contributed by atoms with Crippen LogP contribution in [0.2, 0.25) is 0 Å². The van der Waals surface area contributed by atoms with E-state index in [1.807, 2.05) is 0 Å². The fraction of sp³-hybridized carbons (Fsp3) is 0.538. The third-order valence-electron chi connectivity index (χ3n) is 2.43. The molecule has 0 radical (unpaired) electrons. The number of nitrogens with one attached hydrogen (secondary N) is 1. The normalized spacial score (nSPS) is 11.7. The highest BCUT2D eigenvalue weighted by molar-refractivity contribution is 5.33. The van der Waals surface area contributed by atoms with E-state index in [1.165, 1.54) is 18.2 Å². The first-order valence-electron chi connectivity index (χ1n) is 6.24. The molecular formula is C13H17F4NO3. The molecule has 0 amide bonds. The van der Waals surface area contributed by atoms with Gasteiger partial charge in [0, 0.05) is 25.8 Å². The number of alkyl halides is 3. The standard InChI is InChI=1S/C13H17F4NO3/c1-19-5-4-18-9-10-8-11(14)2-3-12(10)20-6-7-21-13(15,16)17/h2-3,8,18H,4-7,9H2,1H3. The highest BCUT2D eigenvalue weighted by Gasteiger charge is 2.28. The molecule has 1 aromatic carbocycles. The van der Waals surface area contributed by atoms with E-state index >= 15 is 0 Å². The maximum atomic E-state index is 13.2. The summed E-state index contributed by atoms with van der Waals surface area (Å²) in [5.41, 5.74) is 0.512. The van der Waals surface area contributed by atoms with Gasteiger partial charge in [0.2, 0.25) is 0 Å². The molecule has 1 rings (SSSR count). The molecule has 0 heterocycles. The van der Waals surface area contributed by atoms with E-state index in [4.69, 9.17) is 9.47 Å². The van der Waals surface area contributed by atoms with Crippen LogP contribution in [0, 0.1) is 5.82 Å². The van der Waals surface area contributed by atoms with Gasteiger partial charge in [0.1, 0.15) is 18.2 Å². The summed E-state index contributed by atoms with van der Waals surface area (Å²) in [7, 11) is 1.55. The van der Waals surface area contributed by atoms with E-state index < -0.39 is 18.8 Å². The third-order valence-corrected chi connectivity index (χ3v) is 2.43. The van der Waals surface area contributed by atoms with Crippen LogP contribution < -0.4 is 10.1 Å². The molecule has 1 N–H and O–H groups in total. The average Bonchev–Trinajstić information content (AvgIpc) is 2.40. The van der Waals surface area contributed by atoms with Crippen LogP contribution in [0.15, 0.2) is 18.2 Å². The Labute approximate surface area is 120 Å². The van der Waals surface area contributed by atoms with Crippen molar-refractivity contribution >= 4 is 0 Å². The van der Waals surface area contributed by atoms with Crippen molar-refractivity contribution in [3.63, 3.8) is 0 Å². The Morgan fingerprint density at radius 2 is 1.90 bits per heavy atom. The summed E-state index contributed by atoms with van der Waals surface area (Å²) >= 11 is 0. The lowest BCUT2D eigenvalue weighted by Gasteiger charge is -2.13. The molecule has 0 atom stereocenters. The molecular weight excluding hydrogens is 294 g/mol. The number of hydrogen-bond donors (Lipinski definition) is 1. The number of benzene rings is 1. The van der Waals surface area contributed by atoms with Gasteiger partial charge in [-0.1, -0.05) is 0 Å². The smallest absolute Gasteiger partial charge is 0.491 e. The molecule has 8 heteroatoms. The molecule has 0 fully saturated rings. The number of rotatable bonds is 9. The molecule has 0 unspecified atom stereocenters. The third kappa shape index (κ3) is 7.84. The zero-order valence-electron chi connectivity index (χ0n) is 11.5. The molecule has 1 aromatic rings. The summed E-state index contributed by atoms with van der Waals surface area (Å²) in [6.45, 7) is 0.457. The van der Waals surface area contributed by atoms with Crippen LogP contribution in [0.4, 0.5) is 17.6 Å². The van der Waals surface area contributed by atoms with E-state index in [0.717, 1.165) is 0 Å². The fourth-order valence-electron chi connectivity index (χ4n) is 1.53. The molecule has 0 aliphatic rings. The van der Waals surface area contributed by atoms with Crippen LogP contribution in [0.1, 0.15) is 5.56 Å². The Balaban J connectivity index is 2.48. The van der Waals surface area contributed by atoms with Gasteiger partial charge in [-0.3, -0.25) is 4.74 Å². The van der Waals surface area contributed by atoms with Crippen LogP contribution in [-0.4, -0.2) is 39.8 Å². The topological polar surface area (TPSA) is 39.7 Å². The fourth-order valence-corrected chi connectivity index (χ4v) is 1.53. The van der Waals surface area contributed by atoms with Crippen LogP contribution >= 0.6 is 0 Å². The summed E-state index contributed by atoms with van der Waals surface area (Å²) in [5, 5.41) is 3.00. The minimum atomic E-state index is -4.68. The lowest BCUT2D eigenvalue weighted by molar-refractivity contribution is -0.325. The highest BCUT2D eigenvalue weighted by atomic mass is 19.4. The van der Waals surface area contributed by atoms with Crippen LogP contribution in [0.25, 0.3) is 0 Å². The molecule has 120 valence electrons. The van der Waals surface area contributed by atoms with Crippen LogP contribution in [0.5, 0.6) is 5.75 Å². The highest BCUT2D eigenvalue weighted by Crippen LogP contribution is 2.20. The van der Waals surface area contributed by atoms with Gasteiger partial charge in [0.15, 0.2) is 0 Å². The Kier molecular flexibility index (Phi) is 7.41. The lowest BCUT2D eigenvalue weighted by Crippen LogP contribution is -2.20. The molecule has 0 spiro atoms. The second-order valence-electron chi connectivity index (χ2n) is 4.06. The quantitative estimate of drug-likeness (QED) is 0.562. The number of hydrogen-bond acceptors (Lipinski definition) is 4. The minimum Gasteiger partial charge on any atom is -0.491 e. The van der Waals surface area contributed by atoms with Gasteiger partial charge < -0.3 is 14.8 Å². The van der Waals surface area contributed by atoms with E-state index in [9.17, 15) is 17.6 Å².